The molecule has 0 bridgehead atoms. The van der Waals surface area contributed by atoms with Crippen LogP contribution in [0.4, 0.5) is 0 Å². The van der Waals surface area contributed by atoms with Gasteiger partial charge in [-0.3, -0.25) is 4.79 Å². The average molecular weight is 409 g/mol. The summed E-state index contributed by atoms with van der Waals surface area (Å²) in [6.45, 7) is -0.663. The fourth-order valence-corrected chi connectivity index (χ4v) is 3.51. The lowest BCUT2D eigenvalue weighted by molar-refractivity contribution is -0.153. The maximum Gasteiger partial charge on any atom is 0.306 e. The van der Waals surface area contributed by atoms with E-state index < -0.39 is 6.10 Å². The normalized spacial score (nSPS) is 14.1. The van der Waals surface area contributed by atoms with Gasteiger partial charge >= 0.3 is 5.97 Å². The standard InChI is InChI=1S/C23H40N2O4/c1-2-3-14-17-23(24-25-23)18-15-12-10-8-6-4-5-7-9-11-13-16-22(28)29-21(19-26)20-27/h1,21,26-27H,3-20H2. The molecule has 0 saturated carbocycles. The van der Waals surface area contributed by atoms with Crippen LogP contribution in [0.15, 0.2) is 10.2 Å². The summed E-state index contributed by atoms with van der Waals surface area (Å²) < 4.78 is 4.94. The lowest BCUT2D eigenvalue weighted by Gasteiger charge is -2.12. The molecule has 1 rings (SSSR count). The number of aliphatic hydroxyl groups excluding tert-OH is 2. The first-order chi connectivity index (χ1) is 14.2. The molecule has 0 aliphatic carbocycles. The zero-order valence-corrected chi connectivity index (χ0v) is 18.0. The third kappa shape index (κ3) is 13.4. The van der Waals surface area contributed by atoms with Gasteiger partial charge in [0, 0.05) is 12.8 Å². The van der Waals surface area contributed by atoms with Gasteiger partial charge in [-0.25, -0.2) is 0 Å². The minimum absolute atomic E-state index is 0.0625. The summed E-state index contributed by atoms with van der Waals surface area (Å²) in [7, 11) is 0. The Balaban J connectivity index is 1.79. The van der Waals surface area contributed by atoms with Gasteiger partial charge in [-0.15, -0.1) is 12.3 Å². The van der Waals surface area contributed by atoms with Gasteiger partial charge in [-0.1, -0.05) is 57.8 Å². The molecule has 0 atom stereocenters. The third-order valence-electron chi connectivity index (χ3n) is 5.44. The Kier molecular flexibility index (Phi) is 14.4. The van der Waals surface area contributed by atoms with E-state index in [9.17, 15) is 4.79 Å². The van der Waals surface area contributed by atoms with Crippen molar-refractivity contribution in [3.63, 3.8) is 0 Å². The number of ether oxygens (including phenoxy) is 1. The van der Waals surface area contributed by atoms with Crippen LogP contribution in [0.1, 0.15) is 103 Å². The maximum atomic E-state index is 11.5. The molecule has 0 saturated heterocycles. The average Bonchev–Trinajstić information content (AvgIpc) is 3.49. The molecular formula is C23H40N2O4. The van der Waals surface area contributed by atoms with Crippen molar-refractivity contribution in [2.24, 2.45) is 10.2 Å². The second kappa shape index (κ2) is 16.4. The zero-order chi connectivity index (χ0) is 21.2. The van der Waals surface area contributed by atoms with Gasteiger partial charge in [-0.2, -0.15) is 10.2 Å². The minimum atomic E-state index is -0.777. The molecule has 0 unspecified atom stereocenters. The van der Waals surface area contributed by atoms with E-state index in [0.717, 1.165) is 44.9 Å². The SMILES string of the molecule is C#CCCCC1(CCCCCCCCCCCCCC(=O)OC(CO)CO)N=N1. The Morgan fingerprint density at radius 2 is 1.31 bits per heavy atom. The molecule has 0 fully saturated rings. The maximum absolute atomic E-state index is 11.5. The number of carbonyl (C=O) groups excluding carboxylic acids is 1. The highest BCUT2D eigenvalue weighted by molar-refractivity contribution is 5.69. The molecule has 29 heavy (non-hydrogen) atoms. The van der Waals surface area contributed by atoms with Gasteiger partial charge in [0.1, 0.15) is 6.10 Å². The molecule has 1 aliphatic rings. The molecule has 1 heterocycles. The first-order valence-electron chi connectivity index (χ1n) is 11.4. The Morgan fingerprint density at radius 1 is 0.828 bits per heavy atom. The second-order valence-corrected chi connectivity index (χ2v) is 8.11. The van der Waals surface area contributed by atoms with E-state index in [1.807, 2.05) is 0 Å². The van der Waals surface area contributed by atoms with Crippen LogP contribution in [0.25, 0.3) is 0 Å². The summed E-state index contributed by atoms with van der Waals surface area (Å²) in [6, 6.07) is 0. The van der Waals surface area contributed by atoms with E-state index in [-0.39, 0.29) is 24.8 Å². The van der Waals surface area contributed by atoms with Gasteiger partial charge in [-0.05, 0) is 32.1 Å². The topological polar surface area (TPSA) is 91.5 Å². The van der Waals surface area contributed by atoms with Gasteiger partial charge in [0.2, 0.25) is 0 Å². The van der Waals surface area contributed by atoms with Crippen molar-refractivity contribution in [1.82, 2.24) is 0 Å². The fourth-order valence-electron chi connectivity index (χ4n) is 3.51. The second-order valence-electron chi connectivity index (χ2n) is 8.11. The van der Waals surface area contributed by atoms with Crippen molar-refractivity contribution >= 4 is 5.97 Å². The van der Waals surface area contributed by atoms with Crippen LogP contribution >= 0.6 is 0 Å². The summed E-state index contributed by atoms with van der Waals surface area (Å²) >= 11 is 0. The van der Waals surface area contributed by atoms with Crippen molar-refractivity contribution < 1.29 is 19.7 Å². The predicted octanol–water partition coefficient (Wildman–Crippen LogP) is 4.92. The molecule has 1 aliphatic heterocycles. The summed E-state index contributed by atoms with van der Waals surface area (Å²) in [5.41, 5.74) is -0.0625. The number of rotatable bonds is 20. The Bertz CT molecular complexity index is 492. The van der Waals surface area contributed by atoms with E-state index in [1.54, 1.807) is 0 Å². The van der Waals surface area contributed by atoms with Crippen molar-refractivity contribution in [1.29, 1.82) is 0 Å². The number of aliphatic hydroxyl groups is 2. The first kappa shape index (κ1) is 25.6. The highest BCUT2D eigenvalue weighted by Gasteiger charge is 2.38. The molecule has 0 aromatic carbocycles. The van der Waals surface area contributed by atoms with Crippen molar-refractivity contribution in [2.45, 2.75) is 114 Å². The monoisotopic (exact) mass is 408 g/mol. The van der Waals surface area contributed by atoms with Crippen LogP contribution in [0.5, 0.6) is 0 Å². The van der Waals surface area contributed by atoms with Gasteiger partial charge in [0.05, 0.1) is 13.2 Å². The molecule has 0 spiro atoms. The fraction of sp³-hybridized carbons (Fsp3) is 0.870. The summed E-state index contributed by atoms with van der Waals surface area (Å²) in [5, 5.41) is 26.2. The largest absolute Gasteiger partial charge is 0.457 e. The lowest BCUT2D eigenvalue weighted by Crippen LogP contribution is -2.25. The molecule has 166 valence electrons. The molecule has 0 radical (unpaired) electrons. The van der Waals surface area contributed by atoms with Crippen molar-refractivity contribution in [3.8, 4) is 12.3 Å². The van der Waals surface area contributed by atoms with Gasteiger partial charge < -0.3 is 14.9 Å². The quantitative estimate of drug-likeness (QED) is 0.170. The Labute approximate surface area is 176 Å². The molecule has 6 nitrogen and oxygen atoms in total. The van der Waals surface area contributed by atoms with E-state index in [2.05, 4.69) is 16.1 Å². The highest BCUT2D eigenvalue weighted by Crippen LogP contribution is 2.38. The molecule has 6 heteroatoms. The zero-order valence-electron chi connectivity index (χ0n) is 18.0. The van der Waals surface area contributed by atoms with E-state index >= 15 is 0 Å². The van der Waals surface area contributed by atoms with Crippen molar-refractivity contribution in [2.75, 3.05) is 13.2 Å². The van der Waals surface area contributed by atoms with Crippen molar-refractivity contribution in [3.05, 3.63) is 0 Å². The summed E-state index contributed by atoms with van der Waals surface area (Å²) in [5.74, 6) is 2.35. The van der Waals surface area contributed by atoms with Crippen LogP contribution in [0.2, 0.25) is 0 Å². The lowest BCUT2D eigenvalue weighted by atomic mass is 9.98. The number of hydrogen-bond acceptors (Lipinski definition) is 6. The van der Waals surface area contributed by atoms with Crippen LogP contribution in [-0.2, 0) is 9.53 Å². The van der Waals surface area contributed by atoms with Gasteiger partial charge in [0.25, 0.3) is 0 Å². The molecule has 0 aromatic heterocycles. The smallest absolute Gasteiger partial charge is 0.306 e. The van der Waals surface area contributed by atoms with Crippen LogP contribution < -0.4 is 0 Å². The number of carbonyl (C=O) groups is 1. The van der Waals surface area contributed by atoms with Gasteiger partial charge in [0.15, 0.2) is 5.66 Å². The van der Waals surface area contributed by atoms with E-state index in [0.29, 0.717) is 6.42 Å². The number of terminal acetylenes is 1. The highest BCUT2D eigenvalue weighted by atomic mass is 16.6. The number of hydrogen-bond donors (Lipinski definition) is 2. The minimum Gasteiger partial charge on any atom is -0.457 e. The van der Waals surface area contributed by atoms with Crippen LogP contribution in [0, 0.1) is 12.3 Å². The third-order valence-corrected chi connectivity index (χ3v) is 5.44. The van der Waals surface area contributed by atoms with Crippen LogP contribution in [0.3, 0.4) is 0 Å². The summed E-state index contributed by atoms with van der Waals surface area (Å²) in [6.07, 6.45) is 22.0. The molecule has 2 N–H and O–H groups in total. The Hall–Kier alpha value is -1.45. The van der Waals surface area contributed by atoms with E-state index in [4.69, 9.17) is 21.4 Å². The van der Waals surface area contributed by atoms with Crippen LogP contribution in [-0.4, -0.2) is 41.2 Å². The predicted molar refractivity (Wildman–Crippen MR) is 114 cm³/mol. The molecular weight excluding hydrogens is 368 g/mol. The number of nitrogens with zero attached hydrogens (tertiary/aromatic N) is 2. The number of esters is 1. The summed E-state index contributed by atoms with van der Waals surface area (Å²) in [4.78, 5) is 11.5. The Morgan fingerprint density at radius 3 is 1.79 bits per heavy atom. The first-order valence-corrected chi connectivity index (χ1v) is 11.4. The molecule has 0 amide bonds. The van der Waals surface area contributed by atoms with E-state index in [1.165, 1.54) is 51.4 Å². The molecule has 0 aromatic rings. The number of unbranched alkanes of at least 4 members (excludes halogenated alkanes) is 11.